The summed E-state index contributed by atoms with van der Waals surface area (Å²) in [4.78, 5) is 16.6. The third-order valence-electron chi connectivity index (χ3n) is 2.44. The van der Waals surface area contributed by atoms with Crippen molar-refractivity contribution in [2.75, 3.05) is 19.8 Å². The highest BCUT2D eigenvalue weighted by molar-refractivity contribution is 5.75. The van der Waals surface area contributed by atoms with Crippen molar-refractivity contribution in [1.29, 1.82) is 0 Å². The van der Waals surface area contributed by atoms with Crippen molar-refractivity contribution >= 4 is 5.91 Å². The number of hydrogen-bond donors (Lipinski definition) is 0. The van der Waals surface area contributed by atoms with Gasteiger partial charge in [0, 0.05) is 0 Å². The average Bonchev–Trinajstić information content (AvgIpc) is 2.85. The molecule has 0 atom stereocenters. The Kier molecular flexibility index (Phi) is 3.93. The molecule has 1 heterocycles. The number of para-hydroxylation sites is 1. The van der Waals surface area contributed by atoms with Crippen LogP contribution in [0.3, 0.4) is 0 Å². The lowest BCUT2D eigenvalue weighted by Gasteiger charge is -2.13. The number of carbonyl (C=O) groups excluding carboxylic acids is 1. The number of hydrogen-bond acceptors (Lipinski definition) is 3. The molecule has 0 aromatic heterocycles. The zero-order valence-corrected chi connectivity index (χ0v) is 9.39. The fourth-order valence-corrected chi connectivity index (χ4v) is 1.58. The van der Waals surface area contributed by atoms with Gasteiger partial charge >= 0.3 is 0 Å². The van der Waals surface area contributed by atoms with E-state index in [4.69, 9.17) is 9.57 Å². The molecular formula is C12H14FNO3. The second kappa shape index (κ2) is 5.63. The molecule has 1 fully saturated rings. The van der Waals surface area contributed by atoms with Crippen molar-refractivity contribution in [3.63, 3.8) is 0 Å². The lowest BCUT2D eigenvalue weighted by atomic mass is 10.3. The van der Waals surface area contributed by atoms with E-state index in [1.165, 1.54) is 17.2 Å². The van der Waals surface area contributed by atoms with Gasteiger partial charge in [0.25, 0.3) is 0 Å². The Hall–Kier alpha value is -1.62. The zero-order chi connectivity index (χ0) is 12.1. The van der Waals surface area contributed by atoms with Crippen LogP contribution in [-0.2, 0) is 9.63 Å². The van der Waals surface area contributed by atoms with Crippen molar-refractivity contribution in [3.8, 4) is 5.75 Å². The van der Waals surface area contributed by atoms with E-state index in [-0.39, 0.29) is 24.7 Å². The number of ether oxygens (including phenoxy) is 1. The molecule has 1 aromatic rings. The quantitative estimate of drug-likeness (QED) is 0.803. The summed E-state index contributed by atoms with van der Waals surface area (Å²) in [6.45, 7) is 1.36. The van der Waals surface area contributed by atoms with Crippen molar-refractivity contribution in [2.45, 2.75) is 12.8 Å². The van der Waals surface area contributed by atoms with E-state index in [1.807, 2.05) is 0 Å². The van der Waals surface area contributed by atoms with Gasteiger partial charge in [-0.15, -0.1) is 0 Å². The van der Waals surface area contributed by atoms with Gasteiger partial charge < -0.3 is 4.74 Å². The lowest BCUT2D eigenvalue weighted by molar-refractivity contribution is -0.169. The highest BCUT2D eigenvalue weighted by Crippen LogP contribution is 2.15. The van der Waals surface area contributed by atoms with Gasteiger partial charge in [0.2, 0.25) is 5.91 Å². The number of rotatable bonds is 4. The van der Waals surface area contributed by atoms with Gasteiger partial charge in [0.1, 0.15) is 0 Å². The summed E-state index contributed by atoms with van der Waals surface area (Å²) < 4.78 is 18.4. The average molecular weight is 239 g/mol. The molecule has 5 heteroatoms. The minimum Gasteiger partial charge on any atom is -0.490 e. The summed E-state index contributed by atoms with van der Waals surface area (Å²) in [6, 6.07) is 6.13. The van der Waals surface area contributed by atoms with Crippen molar-refractivity contribution in [1.82, 2.24) is 5.06 Å². The standard InChI is InChI=1S/C12H14FNO3/c13-10-4-1-2-5-11(10)16-9-6-12(15)14-7-3-8-17-14/h1-2,4-5H,3,6-9H2. The molecule has 0 N–H and O–H groups in total. The second-order valence-electron chi connectivity index (χ2n) is 3.71. The van der Waals surface area contributed by atoms with E-state index < -0.39 is 5.82 Å². The fourth-order valence-electron chi connectivity index (χ4n) is 1.58. The molecule has 1 aliphatic rings. The first kappa shape index (κ1) is 11.9. The van der Waals surface area contributed by atoms with Gasteiger partial charge in [0.05, 0.1) is 26.2 Å². The highest BCUT2D eigenvalue weighted by Gasteiger charge is 2.18. The Morgan fingerprint density at radius 2 is 2.29 bits per heavy atom. The van der Waals surface area contributed by atoms with E-state index in [0.29, 0.717) is 13.2 Å². The minimum atomic E-state index is -0.419. The number of halogens is 1. The van der Waals surface area contributed by atoms with Gasteiger partial charge in [-0.2, -0.15) is 0 Å². The maximum Gasteiger partial charge on any atom is 0.249 e. The monoisotopic (exact) mass is 239 g/mol. The van der Waals surface area contributed by atoms with Gasteiger partial charge in [-0.1, -0.05) is 12.1 Å². The van der Waals surface area contributed by atoms with Crippen LogP contribution in [0.4, 0.5) is 4.39 Å². The van der Waals surface area contributed by atoms with E-state index in [0.717, 1.165) is 6.42 Å². The second-order valence-corrected chi connectivity index (χ2v) is 3.71. The van der Waals surface area contributed by atoms with E-state index in [9.17, 15) is 9.18 Å². The zero-order valence-electron chi connectivity index (χ0n) is 9.39. The van der Waals surface area contributed by atoms with Crippen LogP contribution in [0.15, 0.2) is 24.3 Å². The van der Waals surface area contributed by atoms with Crippen LogP contribution in [0, 0.1) is 5.82 Å². The van der Waals surface area contributed by atoms with Crippen LogP contribution >= 0.6 is 0 Å². The SMILES string of the molecule is O=C(CCOc1ccccc1F)N1CCCO1. The van der Waals surface area contributed by atoms with Crippen molar-refractivity contribution < 1.29 is 18.8 Å². The number of nitrogens with zero attached hydrogens (tertiary/aromatic N) is 1. The van der Waals surface area contributed by atoms with Crippen molar-refractivity contribution in [3.05, 3.63) is 30.1 Å². The first-order chi connectivity index (χ1) is 8.27. The minimum absolute atomic E-state index is 0.126. The summed E-state index contributed by atoms with van der Waals surface area (Å²) in [6.07, 6.45) is 1.05. The largest absolute Gasteiger partial charge is 0.490 e. The maximum absolute atomic E-state index is 13.2. The van der Waals surface area contributed by atoms with Crippen LogP contribution in [0.2, 0.25) is 0 Å². The summed E-state index contributed by atoms with van der Waals surface area (Å²) in [7, 11) is 0. The molecule has 1 saturated heterocycles. The van der Waals surface area contributed by atoms with Crippen LogP contribution in [0.25, 0.3) is 0 Å². The Balaban J connectivity index is 1.76. The van der Waals surface area contributed by atoms with Gasteiger partial charge in [0.15, 0.2) is 11.6 Å². The Morgan fingerprint density at radius 1 is 1.47 bits per heavy atom. The molecule has 0 spiro atoms. The van der Waals surface area contributed by atoms with Gasteiger partial charge in [-0.25, -0.2) is 9.45 Å². The Morgan fingerprint density at radius 3 is 3.00 bits per heavy atom. The summed E-state index contributed by atoms with van der Waals surface area (Å²) in [5.41, 5.74) is 0. The van der Waals surface area contributed by atoms with E-state index in [2.05, 4.69) is 0 Å². The van der Waals surface area contributed by atoms with Crippen LogP contribution in [0.1, 0.15) is 12.8 Å². The van der Waals surface area contributed by atoms with E-state index >= 15 is 0 Å². The van der Waals surface area contributed by atoms with Crippen LogP contribution in [0.5, 0.6) is 5.75 Å². The Bertz CT molecular complexity index is 391. The predicted molar refractivity (Wildman–Crippen MR) is 58.8 cm³/mol. The molecule has 0 radical (unpaired) electrons. The molecule has 0 unspecified atom stereocenters. The first-order valence-corrected chi connectivity index (χ1v) is 5.58. The molecule has 0 saturated carbocycles. The molecule has 1 aromatic carbocycles. The lowest BCUT2D eigenvalue weighted by Crippen LogP contribution is -2.27. The summed E-state index contributed by atoms with van der Waals surface area (Å²) in [5.74, 6) is -0.376. The van der Waals surface area contributed by atoms with Crippen molar-refractivity contribution in [2.24, 2.45) is 0 Å². The molecule has 1 amide bonds. The molecular weight excluding hydrogens is 225 g/mol. The third kappa shape index (κ3) is 3.17. The Labute approximate surface area is 98.9 Å². The molecule has 92 valence electrons. The molecule has 0 aliphatic carbocycles. The first-order valence-electron chi connectivity index (χ1n) is 5.58. The number of carbonyl (C=O) groups is 1. The summed E-state index contributed by atoms with van der Waals surface area (Å²) in [5, 5.41) is 1.34. The normalized spacial score (nSPS) is 15.0. The molecule has 4 nitrogen and oxygen atoms in total. The molecule has 17 heavy (non-hydrogen) atoms. The predicted octanol–water partition coefficient (Wildman–Crippen LogP) is 1.76. The van der Waals surface area contributed by atoms with Gasteiger partial charge in [-0.05, 0) is 18.6 Å². The summed E-state index contributed by atoms with van der Waals surface area (Å²) >= 11 is 0. The number of hydroxylamine groups is 2. The molecule has 0 bridgehead atoms. The van der Waals surface area contributed by atoms with Gasteiger partial charge in [-0.3, -0.25) is 9.63 Å². The van der Waals surface area contributed by atoms with E-state index in [1.54, 1.807) is 12.1 Å². The molecule has 2 rings (SSSR count). The highest BCUT2D eigenvalue weighted by atomic mass is 19.1. The van der Waals surface area contributed by atoms with Crippen LogP contribution in [-0.4, -0.2) is 30.7 Å². The number of amides is 1. The fraction of sp³-hybridized carbons (Fsp3) is 0.417. The smallest absolute Gasteiger partial charge is 0.249 e. The topological polar surface area (TPSA) is 38.8 Å². The third-order valence-corrected chi connectivity index (χ3v) is 2.44. The molecule has 1 aliphatic heterocycles. The number of benzene rings is 1. The van der Waals surface area contributed by atoms with Crippen LogP contribution < -0.4 is 4.74 Å². The maximum atomic E-state index is 13.2.